The molecule has 2 heterocycles. The van der Waals surface area contributed by atoms with Crippen molar-refractivity contribution in [3.05, 3.63) is 107 Å². The predicted molar refractivity (Wildman–Crippen MR) is 133 cm³/mol. The van der Waals surface area contributed by atoms with Crippen LogP contribution < -0.4 is 14.4 Å². The van der Waals surface area contributed by atoms with E-state index in [1.165, 1.54) is 4.90 Å². The van der Waals surface area contributed by atoms with Crippen LogP contribution in [0.5, 0.6) is 11.5 Å². The van der Waals surface area contributed by atoms with Crippen molar-refractivity contribution in [1.29, 1.82) is 0 Å². The number of ketones is 1. The molecule has 35 heavy (non-hydrogen) atoms. The fourth-order valence-corrected chi connectivity index (χ4v) is 4.80. The zero-order valence-corrected chi connectivity index (χ0v) is 19.0. The number of carbonyl (C=O) groups excluding carboxylic acids is 2. The van der Waals surface area contributed by atoms with Crippen LogP contribution in [0.4, 0.5) is 5.69 Å². The number of amides is 1. The van der Waals surface area contributed by atoms with E-state index >= 15 is 0 Å². The Labute approximate surface area is 205 Å². The lowest BCUT2D eigenvalue weighted by atomic mass is 9.93. The van der Waals surface area contributed by atoms with E-state index in [1.807, 2.05) is 36.4 Å². The van der Waals surface area contributed by atoms with E-state index in [2.05, 4.69) is 0 Å². The molecule has 1 fully saturated rings. The maximum atomic E-state index is 13.4. The minimum absolute atomic E-state index is 0.00587. The number of aliphatic hydroxyl groups excluding tert-OH is 1. The molecule has 1 amide bonds. The van der Waals surface area contributed by atoms with Crippen LogP contribution in [0.2, 0.25) is 5.02 Å². The summed E-state index contributed by atoms with van der Waals surface area (Å²) < 4.78 is 10.9. The van der Waals surface area contributed by atoms with Gasteiger partial charge in [-0.15, -0.1) is 0 Å². The van der Waals surface area contributed by atoms with Crippen LogP contribution >= 0.6 is 11.6 Å². The molecule has 172 valence electrons. The first-order valence-corrected chi connectivity index (χ1v) is 11.3. The standard InChI is InChI=1S/C28H18ClNO5/c29-18-10-8-17(9-11-18)25-24(26(31)21-7-3-5-16-4-1-2-6-20(16)21)27(32)28(33)30(25)19-12-13-22-23(14-19)35-15-34-22/h1-14,25,31H,15H2/b26-24-. The molecule has 0 radical (unpaired) electrons. The number of nitrogens with zero attached hydrogens (tertiary/aromatic N) is 1. The predicted octanol–water partition coefficient (Wildman–Crippen LogP) is 5.85. The fraction of sp³-hybridized carbons (Fsp3) is 0.0714. The average molecular weight is 484 g/mol. The van der Waals surface area contributed by atoms with Gasteiger partial charge in [0.25, 0.3) is 11.7 Å². The lowest BCUT2D eigenvalue weighted by Gasteiger charge is -2.25. The SMILES string of the molecule is O=C1C(=O)N(c2ccc3c(c2)OCO3)C(c2ccc(Cl)cc2)/C1=C(/O)c1cccc2ccccc12. The first-order valence-electron chi connectivity index (χ1n) is 11.0. The molecule has 4 aromatic carbocycles. The van der Waals surface area contributed by atoms with Gasteiger partial charge in [-0.25, -0.2) is 0 Å². The molecule has 0 bridgehead atoms. The topological polar surface area (TPSA) is 76.1 Å². The number of fused-ring (bicyclic) bond motifs is 2. The van der Waals surface area contributed by atoms with E-state index in [0.717, 1.165) is 10.8 Å². The molecule has 2 aliphatic rings. The van der Waals surface area contributed by atoms with Crippen molar-refractivity contribution in [3.8, 4) is 11.5 Å². The first-order chi connectivity index (χ1) is 17.0. The number of Topliss-reactive ketones (excluding diaryl/α,β-unsaturated/α-hetero) is 1. The van der Waals surface area contributed by atoms with Gasteiger partial charge in [0, 0.05) is 22.3 Å². The van der Waals surface area contributed by atoms with Gasteiger partial charge in [0.15, 0.2) is 11.5 Å². The molecule has 6 rings (SSSR count). The van der Waals surface area contributed by atoms with E-state index in [4.69, 9.17) is 21.1 Å². The summed E-state index contributed by atoms with van der Waals surface area (Å²) in [5.74, 6) is -0.709. The minimum Gasteiger partial charge on any atom is -0.507 e. The number of halogens is 1. The molecule has 6 nitrogen and oxygen atoms in total. The molecule has 1 unspecified atom stereocenters. The van der Waals surface area contributed by atoms with Gasteiger partial charge in [0.05, 0.1) is 11.6 Å². The summed E-state index contributed by atoms with van der Waals surface area (Å²) in [5, 5.41) is 13.7. The normalized spacial score (nSPS) is 18.4. The zero-order valence-electron chi connectivity index (χ0n) is 18.3. The van der Waals surface area contributed by atoms with Gasteiger partial charge in [0.1, 0.15) is 5.76 Å². The summed E-state index contributed by atoms with van der Waals surface area (Å²) in [4.78, 5) is 28.2. The number of benzene rings is 4. The Bertz CT molecular complexity index is 1540. The van der Waals surface area contributed by atoms with Crippen molar-refractivity contribution >= 4 is 45.5 Å². The molecule has 7 heteroatoms. The molecular formula is C28H18ClNO5. The smallest absolute Gasteiger partial charge is 0.300 e. The molecule has 0 saturated carbocycles. The van der Waals surface area contributed by atoms with Gasteiger partial charge >= 0.3 is 0 Å². The summed E-state index contributed by atoms with van der Waals surface area (Å²) in [6.07, 6.45) is 0. The molecule has 0 aliphatic carbocycles. The molecule has 0 aromatic heterocycles. The van der Waals surface area contributed by atoms with Gasteiger partial charge < -0.3 is 14.6 Å². The molecule has 1 saturated heterocycles. The molecule has 2 aliphatic heterocycles. The largest absolute Gasteiger partial charge is 0.507 e. The number of hydrogen-bond donors (Lipinski definition) is 1. The highest BCUT2D eigenvalue weighted by Crippen LogP contribution is 2.45. The van der Waals surface area contributed by atoms with Crippen LogP contribution in [0, 0.1) is 0 Å². The van der Waals surface area contributed by atoms with Crippen molar-refractivity contribution in [1.82, 2.24) is 0 Å². The van der Waals surface area contributed by atoms with E-state index in [1.54, 1.807) is 48.5 Å². The minimum atomic E-state index is -0.869. The number of hydrogen-bond acceptors (Lipinski definition) is 5. The van der Waals surface area contributed by atoms with E-state index in [9.17, 15) is 14.7 Å². The Kier molecular flexibility index (Phi) is 4.97. The third-order valence-electron chi connectivity index (χ3n) is 6.31. The Morgan fingerprint density at radius 1 is 0.886 bits per heavy atom. The third kappa shape index (κ3) is 3.42. The van der Waals surface area contributed by atoms with Crippen molar-refractivity contribution in [2.45, 2.75) is 6.04 Å². The molecular weight excluding hydrogens is 466 g/mol. The van der Waals surface area contributed by atoms with Crippen molar-refractivity contribution in [2.75, 3.05) is 11.7 Å². The molecule has 1 N–H and O–H groups in total. The Morgan fingerprint density at radius 2 is 1.63 bits per heavy atom. The van der Waals surface area contributed by atoms with Crippen LogP contribution in [0.1, 0.15) is 17.2 Å². The monoisotopic (exact) mass is 483 g/mol. The van der Waals surface area contributed by atoms with Crippen LogP contribution in [-0.4, -0.2) is 23.6 Å². The number of aliphatic hydroxyl groups is 1. The van der Waals surface area contributed by atoms with E-state index < -0.39 is 17.7 Å². The van der Waals surface area contributed by atoms with Gasteiger partial charge in [-0.3, -0.25) is 14.5 Å². The zero-order chi connectivity index (χ0) is 24.1. The van der Waals surface area contributed by atoms with Gasteiger partial charge in [-0.05, 0) is 40.6 Å². The van der Waals surface area contributed by atoms with Gasteiger partial charge in [0.2, 0.25) is 6.79 Å². The Balaban J connectivity index is 1.58. The van der Waals surface area contributed by atoms with Crippen molar-refractivity contribution in [3.63, 3.8) is 0 Å². The molecule has 0 spiro atoms. The molecule has 1 atom stereocenters. The lowest BCUT2D eigenvalue weighted by molar-refractivity contribution is -0.132. The highest BCUT2D eigenvalue weighted by atomic mass is 35.5. The summed E-state index contributed by atoms with van der Waals surface area (Å²) in [6.45, 7) is 0.0826. The number of carbonyl (C=O) groups is 2. The Morgan fingerprint density at radius 3 is 2.46 bits per heavy atom. The summed E-state index contributed by atoms with van der Waals surface area (Å²) in [7, 11) is 0. The number of ether oxygens (including phenoxy) is 2. The summed E-state index contributed by atoms with van der Waals surface area (Å²) in [6, 6.07) is 24.1. The average Bonchev–Trinajstić information content (AvgIpc) is 3.45. The van der Waals surface area contributed by atoms with Crippen molar-refractivity contribution < 1.29 is 24.2 Å². The second-order valence-electron chi connectivity index (χ2n) is 8.28. The fourth-order valence-electron chi connectivity index (χ4n) is 4.67. The quantitative estimate of drug-likeness (QED) is 0.225. The van der Waals surface area contributed by atoms with Crippen LogP contribution in [0.25, 0.3) is 16.5 Å². The highest BCUT2D eigenvalue weighted by molar-refractivity contribution is 6.52. The second kappa shape index (κ2) is 8.18. The Hall–Kier alpha value is -4.29. The van der Waals surface area contributed by atoms with E-state index in [-0.39, 0.29) is 18.1 Å². The lowest BCUT2D eigenvalue weighted by Crippen LogP contribution is -2.29. The second-order valence-corrected chi connectivity index (χ2v) is 8.72. The summed E-state index contributed by atoms with van der Waals surface area (Å²) in [5.41, 5.74) is 1.57. The maximum absolute atomic E-state index is 13.4. The number of anilines is 1. The van der Waals surface area contributed by atoms with Gasteiger partial charge in [-0.2, -0.15) is 0 Å². The molecule has 4 aromatic rings. The highest BCUT2D eigenvalue weighted by Gasteiger charge is 2.47. The summed E-state index contributed by atoms with van der Waals surface area (Å²) >= 11 is 6.11. The van der Waals surface area contributed by atoms with Crippen LogP contribution in [-0.2, 0) is 9.59 Å². The number of rotatable bonds is 3. The first kappa shape index (κ1) is 21.3. The van der Waals surface area contributed by atoms with Crippen LogP contribution in [0.15, 0.2) is 90.5 Å². The third-order valence-corrected chi connectivity index (χ3v) is 6.56. The van der Waals surface area contributed by atoms with E-state index in [0.29, 0.717) is 33.3 Å². The van der Waals surface area contributed by atoms with Crippen molar-refractivity contribution in [2.24, 2.45) is 0 Å². The maximum Gasteiger partial charge on any atom is 0.300 e. The van der Waals surface area contributed by atoms with Gasteiger partial charge in [-0.1, -0.05) is 66.2 Å². The van der Waals surface area contributed by atoms with Crippen LogP contribution in [0.3, 0.4) is 0 Å².